The van der Waals surface area contributed by atoms with Crippen LogP contribution in [-0.4, -0.2) is 43.5 Å². The number of carbonyl (C=O) groups is 1. The van der Waals surface area contributed by atoms with Gasteiger partial charge in [0, 0.05) is 24.5 Å². The molecule has 0 radical (unpaired) electrons. The third kappa shape index (κ3) is 5.63. The average Bonchev–Trinajstić information content (AvgIpc) is 2.47. The van der Waals surface area contributed by atoms with Gasteiger partial charge in [-0.15, -0.1) is 0 Å². The molecule has 0 heterocycles. The lowest BCUT2D eigenvalue weighted by molar-refractivity contribution is 0.0956. The Bertz CT molecular complexity index is 444. The number of hydrogen-bond donors (Lipinski definition) is 3. The maximum atomic E-state index is 12.0. The zero-order valence-corrected chi connectivity index (χ0v) is 13.4. The highest BCUT2D eigenvalue weighted by atomic mass is 16.1. The van der Waals surface area contributed by atoms with E-state index in [0.717, 1.165) is 38.3 Å². The molecule has 0 saturated carbocycles. The predicted molar refractivity (Wildman–Crippen MR) is 89.8 cm³/mol. The van der Waals surface area contributed by atoms with E-state index in [1.165, 1.54) is 0 Å². The van der Waals surface area contributed by atoms with E-state index in [0.29, 0.717) is 17.8 Å². The molecular weight excluding hydrogens is 264 g/mol. The van der Waals surface area contributed by atoms with Crippen molar-refractivity contribution in [1.82, 2.24) is 10.2 Å². The molecule has 1 amide bonds. The summed E-state index contributed by atoms with van der Waals surface area (Å²) >= 11 is 0. The van der Waals surface area contributed by atoms with E-state index in [1.54, 1.807) is 12.1 Å². The summed E-state index contributed by atoms with van der Waals surface area (Å²) < 4.78 is 0. The van der Waals surface area contributed by atoms with Gasteiger partial charge in [0.05, 0.1) is 5.56 Å². The van der Waals surface area contributed by atoms with Crippen molar-refractivity contribution in [1.29, 1.82) is 0 Å². The minimum Gasteiger partial charge on any atom is -0.399 e. The van der Waals surface area contributed by atoms with Crippen LogP contribution in [-0.2, 0) is 0 Å². The maximum Gasteiger partial charge on any atom is 0.253 e. The summed E-state index contributed by atoms with van der Waals surface area (Å²) in [5, 5.41) is 6.15. The molecule has 0 spiro atoms. The van der Waals surface area contributed by atoms with Gasteiger partial charge in [-0.2, -0.15) is 0 Å². The Kier molecular flexibility index (Phi) is 7.61. The van der Waals surface area contributed by atoms with Crippen molar-refractivity contribution in [2.45, 2.75) is 27.2 Å². The molecule has 118 valence electrons. The minimum atomic E-state index is -0.0660. The van der Waals surface area contributed by atoms with Crippen LogP contribution in [0, 0.1) is 0 Å². The average molecular weight is 292 g/mol. The summed E-state index contributed by atoms with van der Waals surface area (Å²) in [6.45, 7) is 10.9. The van der Waals surface area contributed by atoms with Crippen molar-refractivity contribution in [3.63, 3.8) is 0 Å². The van der Waals surface area contributed by atoms with Gasteiger partial charge in [-0.05, 0) is 51.2 Å². The molecular formula is C16H28N4O. The number of hydrogen-bond acceptors (Lipinski definition) is 4. The summed E-state index contributed by atoms with van der Waals surface area (Å²) in [5.41, 5.74) is 7.93. The zero-order valence-electron chi connectivity index (χ0n) is 13.4. The van der Waals surface area contributed by atoms with E-state index < -0.39 is 0 Å². The predicted octanol–water partition coefficient (Wildman–Crippen LogP) is 2.16. The third-order valence-electron chi connectivity index (χ3n) is 3.49. The second-order valence-electron chi connectivity index (χ2n) is 4.97. The van der Waals surface area contributed by atoms with E-state index in [-0.39, 0.29) is 5.91 Å². The number of rotatable bonds is 9. The molecule has 1 aromatic rings. The fraction of sp³-hybridized carbons (Fsp3) is 0.562. The lowest BCUT2D eigenvalue weighted by Gasteiger charge is -2.18. The second kappa shape index (κ2) is 9.23. The molecule has 5 heteroatoms. The summed E-state index contributed by atoms with van der Waals surface area (Å²) in [4.78, 5) is 14.4. The normalized spacial score (nSPS) is 10.7. The molecule has 0 atom stereocenters. The zero-order chi connectivity index (χ0) is 15.7. The van der Waals surface area contributed by atoms with Gasteiger partial charge in [-0.3, -0.25) is 4.79 Å². The van der Waals surface area contributed by atoms with E-state index in [4.69, 9.17) is 5.73 Å². The van der Waals surface area contributed by atoms with Crippen LogP contribution in [0.15, 0.2) is 18.2 Å². The third-order valence-corrected chi connectivity index (χ3v) is 3.49. The molecule has 1 rings (SSSR count). The second-order valence-corrected chi connectivity index (χ2v) is 4.97. The summed E-state index contributed by atoms with van der Waals surface area (Å²) in [5.74, 6) is -0.0660. The first-order valence-corrected chi connectivity index (χ1v) is 7.76. The van der Waals surface area contributed by atoms with Crippen molar-refractivity contribution < 1.29 is 4.79 Å². The minimum absolute atomic E-state index is 0.0660. The van der Waals surface area contributed by atoms with Crippen LogP contribution in [0.3, 0.4) is 0 Å². The number of amides is 1. The standard InChI is InChI=1S/C16H28N4O/c1-4-18-16(21)14-9-8-13(17)12-15(14)19-10-7-11-20(5-2)6-3/h8-9,12,19H,4-7,10-11,17H2,1-3H3,(H,18,21). The first-order chi connectivity index (χ1) is 10.1. The topological polar surface area (TPSA) is 70.4 Å². The number of nitrogen functional groups attached to an aromatic ring is 1. The van der Waals surface area contributed by atoms with Gasteiger partial charge in [-0.1, -0.05) is 13.8 Å². The number of anilines is 2. The Morgan fingerprint density at radius 2 is 1.95 bits per heavy atom. The Hall–Kier alpha value is -1.75. The fourth-order valence-corrected chi connectivity index (χ4v) is 2.23. The van der Waals surface area contributed by atoms with Crippen LogP contribution in [0.4, 0.5) is 11.4 Å². The Balaban J connectivity index is 2.60. The molecule has 0 saturated heterocycles. The van der Waals surface area contributed by atoms with Crippen LogP contribution in [0.2, 0.25) is 0 Å². The molecule has 0 fully saturated rings. The number of benzene rings is 1. The van der Waals surface area contributed by atoms with Crippen LogP contribution >= 0.6 is 0 Å². The van der Waals surface area contributed by atoms with Crippen LogP contribution < -0.4 is 16.4 Å². The van der Waals surface area contributed by atoms with Crippen LogP contribution in [0.5, 0.6) is 0 Å². The van der Waals surface area contributed by atoms with Gasteiger partial charge < -0.3 is 21.3 Å². The van der Waals surface area contributed by atoms with E-state index in [9.17, 15) is 4.79 Å². The van der Waals surface area contributed by atoms with Gasteiger partial charge in [0.1, 0.15) is 0 Å². The molecule has 5 nitrogen and oxygen atoms in total. The molecule has 0 aliphatic heterocycles. The first kappa shape index (κ1) is 17.3. The molecule has 0 unspecified atom stereocenters. The van der Waals surface area contributed by atoms with Crippen molar-refractivity contribution in [2.24, 2.45) is 0 Å². The highest BCUT2D eigenvalue weighted by Crippen LogP contribution is 2.19. The monoisotopic (exact) mass is 292 g/mol. The van der Waals surface area contributed by atoms with E-state index in [1.807, 2.05) is 13.0 Å². The lowest BCUT2D eigenvalue weighted by Crippen LogP contribution is -2.26. The van der Waals surface area contributed by atoms with Crippen molar-refractivity contribution in [3.8, 4) is 0 Å². The summed E-state index contributed by atoms with van der Waals surface area (Å²) in [6.07, 6.45) is 1.03. The maximum absolute atomic E-state index is 12.0. The Morgan fingerprint density at radius 1 is 1.24 bits per heavy atom. The lowest BCUT2D eigenvalue weighted by atomic mass is 10.1. The number of nitrogens with zero attached hydrogens (tertiary/aromatic N) is 1. The molecule has 0 aliphatic rings. The van der Waals surface area contributed by atoms with Crippen LogP contribution in [0.25, 0.3) is 0 Å². The van der Waals surface area contributed by atoms with Crippen molar-refractivity contribution >= 4 is 17.3 Å². The van der Waals surface area contributed by atoms with Crippen molar-refractivity contribution in [3.05, 3.63) is 23.8 Å². The summed E-state index contributed by atoms with van der Waals surface area (Å²) in [7, 11) is 0. The highest BCUT2D eigenvalue weighted by molar-refractivity contribution is 6.00. The SMILES string of the molecule is CCNC(=O)c1ccc(N)cc1NCCCN(CC)CC. The van der Waals surface area contributed by atoms with Crippen LogP contribution in [0.1, 0.15) is 37.6 Å². The largest absolute Gasteiger partial charge is 0.399 e. The quantitative estimate of drug-likeness (QED) is 0.482. The fourth-order valence-electron chi connectivity index (χ4n) is 2.23. The number of nitrogens with two attached hydrogens (primary N) is 1. The van der Waals surface area contributed by atoms with Gasteiger partial charge in [0.2, 0.25) is 0 Å². The van der Waals surface area contributed by atoms with Gasteiger partial charge in [0.25, 0.3) is 5.91 Å². The molecule has 21 heavy (non-hydrogen) atoms. The van der Waals surface area contributed by atoms with Gasteiger partial charge in [-0.25, -0.2) is 0 Å². The Labute approximate surface area is 127 Å². The van der Waals surface area contributed by atoms with Gasteiger partial charge >= 0.3 is 0 Å². The Morgan fingerprint density at radius 3 is 2.57 bits per heavy atom. The number of nitrogens with one attached hydrogen (secondary N) is 2. The molecule has 4 N–H and O–H groups in total. The summed E-state index contributed by atoms with van der Waals surface area (Å²) in [6, 6.07) is 5.35. The molecule has 1 aromatic carbocycles. The molecule has 0 bridgehead atoms. The highest BCUT2D eigenvalue weighted by Gasteiger charge is 2.10. The first-order valence-electron chi connectivity index (χ1n) is 7.76. The van der Waals surface area contributed by atoms with Gasteiger partial charge in [0.15, 0.2) is 0 Å². The smallest absolute Gasteiger partial charge is 0.253 e. The van der Waals surface area contributed by atoms with Crippen molar-refractivity contribution in [2.75, 3.05) is 43.8 Å². The molecule has 0 aromatic heterocycles. The number of carbonyl (C=O) groups excluding carboxylic acids is 1. The van der Waals surface area contributed by atoms with E-state index >= 15 is 0 Å². The van der Waals surface area contributed by atoms with E-state index in [2.05, 4.69) is 29.4 Å². The molecule has 0 aliphatic carbocycles.